The number of rotatable bonds is 6. The number of hydrogen-bond acceptors (Lipinski definition) is 8. The van der Waals surface area contributed by atoms with E-state index >= 15 is 0 Å². The Morgan fingerprint density at radius 3 is 2.69 bits per heavy atom. The largest absolute Gasteiger partial charge is 0.476 e. The number of anilines is 2. The molecular weight excluding hydrogens is 482 g/mol. The molecule has 0 spiro atoms. The van der Waals surface area contributed by atoms with Crippen LogP contribution in [0.5, 0.6) is 0 Å². The number of benzene rings is 1. The summed E-state index contributed by atoms with van der Waals surface area (Å²) in [6.07, 6.45) is 0.668. The van der Waals surface area contributed by atoms with Gasteiger partial charge in [0.05, 0.1) is 28.7 Å². The van der Waals surface area contributed by atoms with Crippen molar-refractivity contribution in [1.29, 1.82) is 5.26 Å². The van der Waals surface area contributed by atoms with Gasteiger partial charge >= 0.3 is 5.97 Å². The summed E-state index contributed by atoms with van der Waals surface area (Å²) in [7, 11) is 3.47. The molecule has 0 radical (unpaired) electrons. The van der Waals surface area contributed by atoms with Crippen molar-refractivity contribution in [2.75, 3.05) is 37.4 Å². The minimum absolute atomic E-state index is 0.0460. The highest BCUT2D eigenvalue weighted by Crippen LogP contribution is 2.32. The molecule has 2 N–H and O–H groups in total. The SMILES string of the molecule is Cc1cc([C@@H](C)Nc2ccc(Cl)nc2C(=O)O)c2nc(N3CC[C@H](C(=O)N(C)C)C3)c(C#N)nc2c1. The highest BCUT2D eigenvalue weighted by Gasteiger charge is 2.32. The Labute approximate surface area is 213 Å². The van der Waals surface area contributed by atoms with E-state index in [2.05, 4.69) is 21.4 Å². The van der Waals surface area contributed by atoms with Gasteiger partial charge in [0.1, 0.15) is 11.2 Å². The second-order valence-electron chi connectivity index (χ2n) is 9.10. The van der Waals surface area contributed by atoms with E-state index in [4.69, 9.17) is 16.6 Å². The lowest BCUT2D eigenvalue weighted by molar-refractivity contribution is -0.132. The summed E-state index contributed by atoms with van der Waals surface area (Å²) in [5.74, 6) is -0.882. The number of amides is 1. The summed E-state index contributed by atoms with van der Waals surface area (Å²) in [6, 6.07) is 8.69. The van der Waals surface area contributed by atoms with Crippen LogP contribution in [-0.4, -0.2) is 64.0 Å². The molecule has 0 saturated carbocycles. The first-order valence-corrected chi connectivity index (χ1v) is 11.8. The van der Waals surface area contributed by atoms with E-state index in [-0.39, 0.29) is 34.4 Å². The lowest BCUT2D eigenvalue weighted by Gasteiger charge is -2.22. The van der Waals surface area contributed by atoms with E-state index < -0.39 is 5.97 Å². The summed E-state index contributed by atoms with van der Waals surface area (Å²) >= 11 is 5.89. The average molecular weight is 508 g/mol. The predicted molar refractivity (Wildman–Crippen MR) is 136 cm³/mol. The van der Waals surface area contributed by atoms with E-state index in [0.717, 1.165) is 11.1 Å². The van der Waals surface area contributed by atoms with Gasteiger partial charge in [0.25, 0.3) is 0 Å². The molecule has 36 heavy (non-hydrogen) atoms. The molecule has 3 heterocycles. The number of pyridine rings is 1. The van der Waals surface area contributed by atoms with E-state index in [1.165, 1.54) is 6.07 Å². The second kappa shape index (κ2) is 9.95. The van der Waals surface area contributed by atoms with Crippen LogP contribution in [-0.2, 0) is 4.79 Å². The van der Waals surface area contributed by atoms with Gasteiger partial charge in [0, 0.05) is 32.7 Å². The molecular formula is C25H26ClN7O3. The predicted octanol–water partition coefficient (Wildman–Crippen LogP) is 3.64. The summed E-state index contributed by atoms with van der Waals surface area (Å²) < 4.78 is 0. The maximum absolute atomic E-state index is 12.5. The Bertz CT molecular complexity index is 1400. The third kappa shape index (κ3) is 4.88. The average Bonchev–Trinajstić information content (AvgIpc) is 3.33. The van der Waals surface area contributed by atoms with Crippen molar-refractivity contribution in [2.45, 2.75) is 26.3 Å². The zero-order chi connectivity index (χ0) is 26.1. The van der Waals surface area contributed by atoms with Gasteiger partial charge in [-0.2, -0.15) is 5.26 Å². The van der Waals surface area contributed by atoms with Crippen molar-refractivity contribution in [3.8, 4) is 6.07 Å². The Morgan fingerprint density at radius 2 is 2.03 bits per heavy atom. The fraction of sp³-hybridized carbons (Fsp3) is 0.360. The van der Waals surface area contributed by atoms with Crippen molar-refractivity contribution in [2.24, 2.45) is 5.92 Å². The van der Waals surface area contributed by atoms with Gasteiger partial charge in [-0.1, -0.05) is 17.7 Å². The number of nitriles is 1. The highest BCUT2D eigenvalue weighted by atomic mass is 35.5. The van der Waals surface area contributed by atoms with Crippen molar-refractivity contribution >= 4 is 46.0 Å². The fourth-order valence-corrected chi connectivity index (χ4v) is 4.64. The van der Waals surface area contributed by atoms with Gasteiger partial charge < -0.3 is 20.2 Å². The smallest absolute Gasteiger partial charge is 0.356 e. The number of nitrogens with zero attached hydrogens (tertiary/aromatic N) is 6. The molecule has 3 aromatic rings. The minimum Gasteiger partial charge on any atom is -0.476 e. The molecule has 1 aliphatic rings. The lowest BCUT2D eigenvalue weighted by Crippen LogP contribution is -2.32. The first-order chi connectivity index (χ1) is 17.1. The first-order valence-electron chi connectivity index (χ1n) is 11.4. The van der Waals surface area contributed by atoms with Crippen LogP contribution in [0.25, 0.3) is 11.0 Å². The van der Waals surface area contributed by atoms with Crippen LogP contribution in [0.3, 0.4) is 0 Å². The molecule has 11 heteroatoms. The number of aromatic nitrogens is 3. The Kier molecular flexibility index (Phi) is 6.95. The summed E-state index contributed by atoms with van der Waals surface area (Å²) in [4.78, 5) is 41.1. The van der Waals surface area contributed by atoms with Crippen LogP contribution in [0.2, 0.25) is 5.15 Å². The number of carbonyl (C=O) groups is 2. The van der Waals surface area contributed by atoms with Crippen molar-refractivity contribution in [3.05, 3.63) is 51.9 Å². The number of carboxylic acid groups (broad SMARTS) is 1. The number of halogens is 1. The molecule has 0 aliphatic carbocycles. The van der Waals surface area contributed by atoms with Gasteiger partial charge in [-0.15, -0.1) is 0 Å². The topological polar surface area (TPSA) is 135 Å². The van der Waals surface area contributed by atoms with Gasteiger partial charge in [-0.05, 0) is 44.0 Å². The molecule has 4 rings (SSSR count). The summed E-state index contributed by atoms with van der Waals surface area (Å²) in [5, 5.41) is 22.7. The third-order valence-corrected chi connectivity index (χ3v) is 6.42. The Balaban J connectivity index is 1.75. The van der Waals surface area contributed by atoms with Crippen molar-refractivity contribution < 1.29 is 14.7 Å². The highest BCUT2D eigenvalue weighted by molar-refractivity contribution is 6.29. The molecule has 1 fully saturated rings. The summed E-state index contributed by atoms with van der Waals surface area (Å²) in [5.41, 5.74) is 3.20. The van der Waals surface area contributed by atoms with E-state index in [1.54, 1.807) is 25.1 Å². The minimum atomic E-state index is -1.20. The molecule has 1 aromatic carbocycles. The van der Waals surface area contributed by atoms with Gasteiger partial charge in [-0.3, -0.25) is 4.79 Å². The number of nitrogens with one attached hydrogen (secondary N) is 1. The maximum Gasteiger partial charge on any atom is 0.356 e. The number of carboxylic acids is 1. The van der Waals surface area contributed by atoms with Crippen molar-refractivity contribution in [3.63, 3.8) is 0 Å². The molecule has 186 valence electrons. The normalized spacial score (nSPS) is 16.0. The van der Waals surface area contributed by atoms with Crippen LogP contribution in [0.1, 0.15) is 46.7 Å². The summed E-state index contributed by atoms with van der Waals surface area (Å²) in [6.45, 7) is 4.85. The number of aryl methyl sites for hydroxylation is 1. The molecule has 2 aromatic heterocycles. The standard InChI is InChI=1S/C25H26ClN7O3/c1-13-9-16(14(2)28-17-5-6-20(26)30-22(17)25(35)36)21-18(10-13)29-19(11-27)23(31-21)33-8-7-15(12-33)24(34)32(3)4/h5-6,9-10,14-15,28H,7-8,12H2,1-4H3,(H,35,36)/t14-,15+/m1/s1. The molecule has 0 unspecified atom stereocenters. The fourth-order valence-electron chi connectivity index (χ4n) is 4.49. The van der Waals surface area contributed by atoms with Crippen LogP contribution in [0.15, 0.2) is 24.3 Å². The van der Waals surface area contributed by atoms with Gasteiger partial charge in [0.2, 0.25) is 5.91 Å². The molecule has 0 bridgehead atoms. The van der Waals surface area contributed by atoms with Crippen LogP contribution in [0, 0.1) is 24.2 Å². The van der Waals surface area contributed by atoms with Crippen LogP contribution >= 0.6 is 11.6 Å². The molecule has 2 atom stereocenters. The number of fused-ring (bicyclic) bond motifs is 1. The first kappa shape index (κ1) is 25.1. The quantitative estimate of drug-likeness (QED) is 0.479. The number of carbonyl (C=O) groups excluding carboxylic acids is 1. The van der Waals surface area contributed by atoms with E-state index in [9.17, 15) is 20.0 Å². The Hall–Kier alpha value is -3.97. The van der Waals surface area contributed by atoms with Crippen LogP contribution in [0.4, 0.5) is 11.5 Å². The molecule has 1 amide bonds. The number of aromatic carboxylic acids is 1. The maximum atomic E-state index is 12.5. The monoisotopic (exact) mass is 507 g/mol. The van der Waals surface area contributed by atoms with Gasteiger partial charge in [0.15, 0.2) is 17.2 Å². The van der Waals surface area contributed by atoms with Crippen LogP contribution < -0.4 is 10.2 Å². The molecule has 1 saturated heterocycles. The number of hydrogen-bond donors (Lipinski definition) is 2. The zero-order valence-corrected chi connectivity index (χ0v) is 21.2. The third-order valence-electron chi connectivity index (χ3n) is 6.21. The molecule has 10 nitrogen and oxygen atoms in total. The van der Waals surface area contributed by atoms with E-state index in [1.807, 2.05) is 30.9 Å². The second-order valence-corrected chi connectivity index (χ2v) is 9.48. The van der Waals surface area contributed by atoms with E-state index in [0.29, 0.717) is 42.0 Å². The zero-order valence-electron chi connectivity index (χ0n) is 20.4. The van der Waals surface area contributed by atoms with Gasteiger partial charge in [-0.25, -0.2) is 19.7 Å². The molecule has 1 aliphatic heterocycles. The lowest BCUT2D eigenvalue weighted by atomic mass is 10.0. The van der Waals surface area contributed by atoms with Crippen molar-refractivity contribution in [1.82, 2.24) is 19.9 Å². The Morgan fingerprint density at radius 1 is 1.28 bits per heavy atom.